The third-order valence-corrected chi connectivity index (χ3v) is 6.29. The van der Waals surface area contributed by atoms with Gasteiger partial charge in [0.2, 0.25) is 0 Å². The summed E-state index contributed by atoms with van der Waals surface area (Å²) in [7, 11) is 1.30. The number of esters is 1. The highest BCUT2D eigenvalue weighted by atomic mass is 32.1. The molecule has 1 atom stereocenters. The lowest BCUT2D eigenvalue weighted by molar-refractivity contribution is -0.142. The molecule has 0 fully saturated rings. The van der Waals surface area contributed by atoms with Crippen molar-refractivity contribution in [3.8, 4) is 0 Å². The third-order valence-electron chi connectivity index (χ3n) is 5.39. The zero-order valence-corrected chi connectivity index (χ0v) is 19.9. The second kappa shape index (κ2) is 11.4. The molecule has 178 valence electrons. The number of imidazole rings is 1. The summed E-state index contributed by atoms with van der Waals surface area (Å²) in [4.78, 5) is 30.4. The Kier molecular flexibility index (Phi) is 7.84. The zero-order valence-electron chi connectivity index (χ0n) is 19.1. The van der Waals surface area contributed by atoms with Gasteiger partial charge < -0.3 is 14.6 Å². The van der Waals surface area contributed by atoms with Gasteiger partial charge in [-0.25, -0.2) is 14.2 Å². The second-order valence-electron chi connectivity index (χ2n) is 7.87. The summed E-state index contributed by atoms with van der Waals surface area (Å²) in [5, 5.41) is 4.72. The van der Waals surface area contributed by atoms with E-state index >= 15 is 0 Å². The van der Waals surface area contributed by atoms with Gasteiger partial charge in [-0.05, 0) is 58.5 Å². The van der Waals surface area contributed by atoms with Crippen molar-refractivity contribution in [1.82, 2.24) is 14.9 Å². The predicted molar refractivity (Wildman–Crippen MR) is 134 cm³/mol. The van der Waals surface area contributed by atoms with Gasteiger partial charge >= 0.3 is 5.97 Å². The molecular formula is C27H24FN3O3S. The molecule has 2 aromatic heterocycles. The number of ether oxygens (including phenoxy) is 1. The van der Waals surface area contributed by atoms with Crippen LogP contribution in [0.25, 0.3) is 11.6 Å². The minimum Gasteiger partial charge on any atom is -0.467 e. The van der Waals surface area contributed by atoms with E-state index in [1.54, 1.807) is 42.9 Å². The lowest BCUT2D eigenvalue weighted by Crippen LogP contribution is -2.42. The van der Waals surface area contributed by atoms with E-state index in [9.17, 15) is 14.0 Å². The first-order valence-electron chi connectivity index (χ1n) is 10.9. The Balaban J connectivity index is 1.58. The van der Waals surface area contributed by atoms with Crippen LogP contribution in [0.2, 0.25) is 0 Å². The standard InChI is InChI=1S/C27H24FN3O3S/c1-34-27(33)25(16-24-6-3-13-35-24)30-26(32)21-5-2-4-19(14-21)15-22(17-31-12-11-29-18-31)20-7-9-23(28)10-8-20/h2-15,18,25H,16-17H2,1H3,(H,30,32)/t25-/m0/s1. The van der Waals surface area contributed by atoms with E-state index < -0.39 is 12.0 Å². The number of hydrogen-bond acceptors (Lipinski definition) is 5. The van der Waals surface area contributed by atoms with Gasteiger partial charge in [-0.2, -0.15) is 0 Å². The van der Waals surface area contributed by atoms with Gasteiger partial charge in [0.15, 0.2) is 0 Å². The van der Waals surface area contributed by atoms with Crippen molar-refractivity contribution < 1.29 is 18.7 Å². The van der Waals surface area contributed by atoms with Gasteiger partial charge in [0.1, 0.15) is 11.9 Å². The van der Waals surface area contributed by atoms with Crippen molar-refractivity contribution in [2.24, 2.45) is 0 Å². The van der Waals surface area contributed by atoms with Crippen LogP contribution in [0.4, 0.5) is 4.39 Å². The monoisotopic (exact) mass is 489 g/mol. The Labute approximate surface area is 206 Å². The predicted octanol–water partition coefficient (Wildman–Crippen LogP) is 4.84. The summed E-state index contributed by atoms with van der Waals surface area (Å²) in [6.07, 6.45) is 7.56. The maximum atomic E-state index is 13.5. The van der Waals surface area contributed by atoms with E-state index in [1.807, 2.05) is 40.4 Å². The first-order valence-corrected chi connectivity index (χ1v) is 11.8. The molecule has 2 aromatic carbocycles. The van der Waals surface area contributed by atoms with Gasteiger partial charge in [-0.3, -0.25) is 4.79 Å². The highest BCUT2D eigenvalue weighted by Crippen LogP contribution is 2.22. The number of nitrogens with one attached hydrogen (secondary N) is 1. The number of methoxy groups -OCH3 is 1. The third kappa shape index (κ3) is 6.51. The van der Waals surface area contributed by atoms with Crippen LogP contribution in [0.15, 0.2) is 84.8 Å². The van der Waals surface area contributed by atoms with Crippen LogP contribution in [-0.2, 0) is 22.5 Å². The van der Waals surface area contributed by atoms with E-state index in [0.29, 0.717) is 18.5 Å². The number of benzene rings is 2. The maximum absolute atomic E-state index is 13.5. The molecule has 1 N–H and O–H groups in total. The summed E-state index contributed by atoms with van der Waals surface area (Å²) < 4.78 is 20.3. The normalized spacial score (nSPS) is 12.2. The van der Waals surface area contributed by atoms with Gasteiger partial charge in [0.25, 0.3) is 5.91 Å². The van der Waals surface area contributed by atoms with Crippen LogP contribution in [0, 0.1) is 5.82 Å². The van der Waals surface area contributed by atoms with E-state index in [2.05, 4.69) is 10.3 Å². The van der Waals surface area contributed by atoms with Gasteiger partial charge in [0.05, 0.1) is 13.4 Å². The van der Waals surface area contributed by atoms with Crippen LogP contribution < -0.4 is 5.32 Å². The molecule has 0 saturated carbocycles. The molecular weight excluding hydrogens is 465 g/mol. The summed E-state index contributed by atoms with van der Waals surface area (Å²) in [6.45, 7) is 0.521. The number of rotatable bonds is 9. The van der Waals surface area contributed by atoms with E-state index in [0.717, 1.165) is 21.6 Å². The summed E-state index contributed by atoms with van der Waals surface area (Å²) in [5.41, 5.74) is 2.99. The van der Waals surface area contributed by atoms with Crippen molar-refractivity contribution in [2.45, 2.75) is 19.0 Å². The number of halogens is 1. The second-order valence-corrected chi connectivity index (χ2v) is 8.90. The van der Waals surface area contributed by atoms with E-state index in [1.165, 1.54) is 30.6 Å². The van der Waals surface area contributed by atoms with Crippen molar-refractivity contribution >= 4 is 34.9 Å². The molecule has 6 nitrogen and oxygen atoms in total. The maximum Gasteiger partial charge on any atom is 0.328 e. The van der Waals surface area contributed by atoms with E-state index in [4.69, 9.17) is 4.74 Å². The smallest absolute Gasteiger partial charge is 0.328 e. The number of carbonyl (C=O) groups is 2. The molecule has 4 rings (SSSR count). The van der Waals surface area contributed by atoms with Crippen LogP contribution in [0.1, 0.15) is 26.4 Å². The van der Waals surface area contributed by atoms with Crippen molar-refractivity contribution in [2.75, 3.05) is 7.11 Å². The molecule has 0 aliphatic carbocycles. The number of allylic oxidation sites excluding steroid dienone is 1. The molecule has 0 unspecified atom stereocenters. The minimum absolute atomic E-state index is 0.308. The highest BCUT2D eigenvalue weighted by Gasteiger charge is 2.23. The molecule has 0 aliphatic rings. The van der Waals surface area contributed by atoms with Crippen molar-refractivity contribution in [3.63, 3.8) is 0 Å². The fourth-order valence-electron chi connectivity index (χ4n) is 3.64. The quantitative estimate of drug-likeness (QED) is 0.270. The Hall–Kier alpha value is -4.04. The molecule has 0 saturated heterocycles. The Bertz CT molecular complexity index is 1300. The zero-order chi connectivity index (χ0) is 24.6. The molecule has 0 bridgehead atoms. The fourth-order valence-corrected chi connectivity index (χ4v) is 4.39. The number of amides is 1. The number of aromatic nitrogens is 2. The Morgan fingerprint density at radius 3 is 2.66 bits per heavy atom. The van der Waals surface area contributed by atoms with Gasteiger partial charge in [0, 0.05) is 35.8 Å². The first kappa shape index (κ1) is 24.1. The molecule has 0 aliphatic heterocycles. The lowest BCUT2D eigenvalue weighted by atomic mass is 10.0. The van der Waals surface area contributed by atoms with Crippen LogP contribution in [0.3, 0.4) is 0 Å². The minimum atomic E-state index is -0.790. The topological polar surface area (TPSA) is 73.2 Å². The number of thiophene rings is 1. The van der Waals surface area contributed by atoms with Crippen molar-refractivity contribution in [3.05, 3.63) is 112 Å². The largest absolute Gasteiger partial charge is 0.467 e. The Morgan fingerprint density at radius 1 is 1.14 bits per heavy atom. The summed E-state index contributed by atoms with van der Waals surface area (Å²) in [6, 6.07) is 16.4. The number of carbonyl (C=O) groups excluding carboxylic acids is 2. The molecule has 4 aromatic rings. The first-order chi connectivity index (χ1) is 17.0. The number of nitrogens with zero attached hydrogens (tertiary/aromatic N) is 2. The van der Waals surface area contributed by atoms with Gasteiger partial charge in [-0.15, -0.1) is 11.3 Å². The average molecular weight is 490 g/mol. The highest BCUT2D eigenvalue weighted by molar-refractivity contribution is 7.09. The molecule has 8 heteroatoms. The summed E-state index contributed by atoms with van der Waals surface area (Å²) in [5.74, 6) is -1.18. The van der Waals surface area contributed by atoms with Crippen LogP contribution in [-0.4, -0.2) is 34.6 Å². The summed E-state index contributed by atoms with van der Waals surface area (Å²) >= 11 is 1.51. The number of hydrogen-bond donors (Lipinski definition) is 1. The molecule has 35 heavy (non-hydrogen) atoms. The van der Waals surface area contributed by atoms with Crippen LogP contribution in [0.5, 0.6) is 0 Å². The lowest BCUT2D eigenvalue weighted by Gasteiger charge is -2.16. The average Bonchev–Trinajstić information content (AvgIpc) is 3.58. The molecule has 1 amide bonds. The molecule has 0 radical (unpaired) electrons. The SMILES string of the molecule is COC(=O)[C@H](Cc1cccs1)NC(=O)c1cccc(C=C(Cn2ccnc2)c2ccc(F)cc2)c1. The molecule has 2 heterocycles. The Morgan fingerprint density at radius 2 is 1.97 bits per heavy atom. The molecule has 0 spiro atoms. The van der Waals surface area contributed by atoms with E-state index in [-0.39, 0.29) is 11.7 Å². The van der Waals surface area contributed by atoms with Crippen LogP contribution >= 0.6 is 11.3 Å². The van der Waals surface area contributed by atoms with Crippen molar-refractivity contribution in [1.29, 1.82) is 0 Å². The van der Waals surface area contributed by atoms with Gasteiger partial charge in [-0.1, -0.05) is 30.3 Å². The fraction of sp³-hybridized carbons (Fsp3) is 0.148.